The van der Waals surface area contributed by atoms with E-state index in [0.29, 0.717) is 12.4 Å². The van der Waals surface area contributed by atoms with Crippen molar-refractivity contribution < 1.29 is 9.90 Å². The van der Waals surface area contributed by atoms with Gasteiger partial charge in [-0.3, -0.25) is 9.69 Å². The summed E-state index contributed by atoms with van der Waals surface area (Å²) in [7, 11) is 1.71. The number of hydrogen-bond acceptors (Lipinski definition) is 5. The summed E-state index contributed by atoms with van der Waals surface area (Å²) in [5.41, 5.74) is 0.848. The Morgan fingerprint density at radius 1 is 1.39 bits per heavy atom. The second-order valence-corrected chi connectivity index (χ2v) is 3.91. The first-order valence-electron chi connectivity index (χ1n) is 5.40. The van der Waals surface area contributed by atoms with E-state index in [4.69, 9.17) is 5.11 Å². The molecular weight excluding hydrogens is 234 g/mol. The van der Waals surface area contributed by atoms with E-state index in [2.05, 4.69) is 15.5 Å². The van der Waals surface area contributed by atoms with Crippen molar-refractivity contribution in [3.8, 4) is 5.69 Å². The van der Waals surface area contributed by atoms with E-state index in [0.717, 1.165) is 5.69 Å². The van der Waals surface area contributed by atoms with Crippen molar-refractivity contribution in [2.24, 2.45) is 0 Å². The van der Waals surface area contributed by atoms with Gasteiger partial charge in [-0.05, 0) is 29.6 Å². The highest BCUT2D eigenvalue weighted by atomic mass is 16.4. The van der Waals surface area contributed by atoms with Crippen LogP contribution < -0.4 is 0 Å². The predicted molar refractivity (Wildman–Crippen MR) is 63.1 cm³/mol. The topological polar surface area (TPSA) is 84.1 Å². The molecule has 2 aromatic rings. The van der Waals surface area contributed by atoms with E-state index in [1.165, 1.54) is 0 Å². The molecule has 1 aromatic heterocycles. The second-order valence-electron chi connectivity index (χ2n) is 3.91. The number of rotatable bonds is 5. The van der Waals surface area contributed by atoms with E-state index in [1.807, 2.05) is 30.3 Å². The Balaban J connectivity index is 2.16. The minimum Gasteiger partial charge on any atom is -0.480 e. The van der Waals surface area contributed by atoms with Crippen molar-refractivity contribution in [2.75, 3.05) is 13.6 Å². The van der Waals surface area contributed by atoms with Gasteiger partial charge in [-0.15, -0.1) is 5.10 Å². The van der Waals surface area contributed by atoms with Gasteiger partial charge < -0.3 is 5.11 Å². The predicted octanol–water partition coefficient (Wildman–Crippen LogP) is 0.179. The summed E-state index contributed by atoms with van der Waals surface area (Å²) >= 11 is 0. The summed E-state index contributed by atoms with van der Waals surface area (Å²) in [4.78, 5) is 12.2. The molecule has 0 atom stereocenters. The molecule has 0 saturated carbocycles. The highest BCUT2D eigenvalue weighted by Crippen LogP contribution is 2.08. The van der Waals surface area contributed by atoms with Crippen molar-refractivity contribution in [3.63, 3.8) is 0 Å². The molecule has 18 heavy (non-hydrogen) atoms. The molecule has 1 heterocycles. The number of para-hydroxylation sites is 1. The molecule has 94 valence electrons. The van der Waals surface area contributed by atoms with Crippen LogP contribution in [0.3, 0.4) is 0 Å². The number of tetrazole rings is 1. The van der Waals surface area contributed by atoms with Crippen LogP contribution in [0, 0.1) is 0 Å². The molecule has 7 heteroatoms. The van der Waals surface area contributed by atoms with Crippen molar-refractivity contribution in [1.29, 1.82) is 0 Å². The fourth-order valence-electron chi connectivity index (χ4n) is 1.60. The van der Waals surface area contributed by atoms with Crippen LogP contribution in [-0.4, -0.2) is 49.8 Å². The van der Waals surface area contributed by atoms with Gasteiger partial charge >= 0.3 is 5.97 Å². The Labute approximate surface area is 104 Å². The van der Waals surface area contributed by atoms with Crippen LogP contribution in [-0.2, 0) is 11.3 Å². The Hall–Kier alpha value is -2.28. The van der Waals surface area contributed by atoms with Crippen molar-refractivity contribution in [3.05, 3.63) is 36.2 Å². The summed E-state index contributed by atoms with van der Waals surface area (Å²) in [6.07, 6.45) is 0. The first-order chi connectivity index (χ1) is 8.66. The van der Waals surface area contributed by atoms with Gasteiger partial charge in [-0.25, -0.2) is 0 Å². The third-order valence-electron chi connectivity index (χ3n) is 2.35. The number of hydrogen-bond donors (Lipinski definition) is 1. The third kappa shape index (κ3) is 2.89. The van der Waals surface area contributed by atoms with Gasteiger partial charge in [0.2, 0.25) is 0 Å². The summed E-state index contributed by atoms with van der Waals surface area (Å²) in [6.45, 7) is 0.315. The number of aliphatic carboxylic acids is 1. The van der Waals surface area contributed by atoms with Gasteiger partial charge in [0, 0.05) is 0 Å². The quantitative estimate of drug-likeness (QED) is 0.811. The Morgan fingerprint density at radius 3 is 2.78 bits per heavy atom. The van der Waals surface area contributed by atoms with Gasteiger partial charge in [0.15, 0.2) is 5.82 Å². The number of carboxylic acid groups (broad SMARTS) is 1. The van der Waals surface area contributed by atoms with Gasteiger partial charge in [0.1, 0.15) is 0 Å². The standard InChI is InChI=1S/C11H13N5O2/c1-15(8-11(17)18)7-10-12-13-14-16(10)9-5-3-2-4-6-9/h2-6H,7-8H2,1H3,(H,17,18). The molecule has 0 fully saturated rings. The zero-order valence-corrected chi connectivity index (χ0v) is 9.89. The fourth-order valence-corrected chi connectivity index (χ4v) is 1.60. The molecule has 0 bridgehead atoms. The highest BCUT2D eigenvalue weighted by Gasteiger charge is 2.12. The van der Waals surface area contributed by atoms with Crippen LogP contribution in [0.25, 0.3) is 5.69 Å². The van der Waals surface area contributed by atoms with Gasteiger partial charge in [0.05, 0.1) is 18.8 Å². The van der Waals surface area contributed by atoms with Crippen molar-refractivity contribution in [2.45, 2.75) is 6.54 Å². The molecule has 1 N–H and O–H groups in total. The number of aromatic nitrogens is 4. The molecule has 1 aromatic carbocycles. The largest absolute Gasteiger partial charge is 0.480 e. The summed E-state index contributed by atoms with van der Waals surface area (Å²) in [5, 5.41) is 20.1. The SMILES string of the molecule is CN(CC(=O)O)Cc1nnnn1-c1ccccc1. The lowest BCUT2D eigenvalue weighted by Gasteiger charge is -2.13. The Morgan fingerprint density at radius 2 is 2.11 bits per heavy atom. The maximum Gasteiger partial charge on any atom is 0.317 e. The number of likely N-dealkylation sites (N-methyl/N-ethyl adjacent to an activating group) is 1. The summed E-state index contributed by atoms with van der Waals surface area (Å²) in [6, 6.07) is 9.46. The Kier molecular flexibility index (Phi) is 3.63. The minimum absolute atomic E-state index is 0.0539. The molecule has 0 aliphatic heterocycles. The van der Waals surface area contributed by atoms with E-state index < -0.39 is 5.97 Å². The third-order valence-corrected chi connectivity index (χ3v) is 2.35. The number of carboxylic acids is 1. The normalized spacial score (nSPS) is 10.8. The van der Waals surface area contributed by atoms with Crippen LogP contribution in [0.1, 0.15) is 5.82 Å². The van der Waals surface area contributed by atoms with E-state index in [9.17, 15) is 4.79 Å². The van der Waals surface area contributed by atoms with E-state index in [1.54, 1.807) is 16.6 Å². The maximum atomic E-state index is 10.6. The molecule has 7 nitrogen and oxygen atoms in total. The fraction of sp³-hybridized carbons (Fsp3) is 0.273. The molecule has 0 amide bonds. The van der Waals surface area contributed by atoms with Crippen LogP contribution in [0.4, 0.5) is 0 Å². The molecule has 0 aliphatic carbocycles. The monoisotopic (exact) mass is 247 g/mol. The van der Waals surface area contributed by atoms with Gasteiger partial charge in [0.25, 0.3) is 0 Å². The van der Waals surface area contributed by atoms with Crippen molar-refractivity contribution in [1.82, 2.24) is 25.1 Å². The molecule has 0 unspecified atom stereocenters. The lowest BCUT2D eigenvalue weighted by atomic mass is 10.3. The minimum atomic E-state index is -0.878. The van der Waals surface area contributed by atoms with E-state index in [-0.39, 0.29) is 6.54 Å². The summed E-state index contributed by atoms with van der Waals surface area (Å²) < 4.78 is 1.60. The summed E-state index contributed by atoms with van der Waals surface area (Å²) in [5.74, 6) is -0.277. The van der Waals surface area contributed by atoms with Crippen molar-refractivity contribution >= 4 is 5.97 Å². The maximum absolute atomic E-state index is 10.6. The first-order valence-corrected chi connectivity index (χ1v) is 5.40. The molecular formula is C11H13N5O2. The molecule has 0 saturated heterocycles. The molecule has 2 rings (SSSR count). The first kappa shape index (κ1) is 12.2. The zero-order chi connectivity index (χ0) is 13.0. The smallest absolute Gasteiger partial charge is 0.317 e. The van der Waals surface area contributed by atoms with Crippen LogP contribution in [0.2, 0.25) is 0 Å². The Bertz CT molecular complexity index is 525. The van der Waals surface area contributed by atoms with Crippen LogP contribution in [0.15, 0.2) is 30.3 Å². The van der Waals surface area contributed by atoms with Crippen LogP contribution in [0.5, 0.6) is 0 Å². The lowest BCUT2D eigenvalue weighted by Crippen LogP contribution is -2.26. The van der Waals surface area contributed by atoms with Gasteiger partial charge in [-0.1, -0.05) is 18.2 Å². The highest BCUT2D eigenvalue weighted by molar-refractivity contribution is 5.68. The van der Waals surface area contributed by atoms with Gasteiger partial charge in [-0.2, -0.15) is 4.68 Å². The molecule has 0 radical (unpaired) electrons. The number of carbonyl (C=O) groups is 1. The van der Waals surface area contributed by atoms with E-state index >= 15 is 0 Å². The lowest BCUT2D eigenvalue weighted by molar-refractivity contribution is -0.138. The average molecular weight is 247 g/mol. The molecule has 0 aliphatic rings. The average Bonchev–Trinajstić information content (AvgIpc) is 2.77. The zero-order valence-electron chi connectivity index (χ0n) is 9.89. The molecule has 0 spiro atoms. The van der Waals surface area contributed by atoms with Crippen LogP contribution >= 0.6 is 0 Å². The second kappa shape index (κ2) is 5.37. The number of benzene rings is 1. The number of nitrogens with zero attached hydrogens (tertiary/aromatic N) is 5.